The Morgan fingerprint density at radius 2 is 1.88 bits per heavy atom. The summed E-state index contributed by atoms with van der Waals surface area (Å²) in [5, 5.41) is 3.20. The van der Waals surface area contributed by atoms with Crippen molar-refractivity contribution in [2.45, 2.75) is 83.7 Å². The Morgan fingerprint density at radius 1 is 1.20 bits per heavy atom. The van der Waals surface area contributed by atoms with Crippen LogP contribution in [-0.4, -0.2) is 41.9 Å². The zero-order chi connectivity index (χ0) is 17.5. The Bertz CT molecular complexity index is 425. The monoisotopic (exact) mass is 373 g/mol. The smallest absolute Gasteiger partial charge is 0.243 e. The fourth-order valence-corrected chi connectivity index (χ4v) is 4.16. The summed E-state index contributed by atoms with van der Waals surface area (Å²) in [5.41, 5.74) is 5.96. The first-order valence-electron chi connectivity index (χ1n) is 9.82. The molecule has 1 aliphatic heterocycles. The first kappa shape index (κ1) is 22.2. The molecule has 2 amide bonds. The van der Waals surface area contributed by atoms with E-state index in [0.717, 1.165) is 32.1 Å². The molecule has 2 atom stereocenters. The van der Waals surface area contributed by atoms with E-state index in [2.05, 4.69) is 19.2 Å². The van der Waals surface area contributed by atoms with Crippen LogP contribution in [-0.2, 0) is 9.59 Å². The first-order chi connectivity index (χ1) is 11.5. The third-order valence-corrected chi connectivity index (χ3v) is 5.53. The Hall–Kier alpha value is -0.810. The lowest BCUT2D eigenvalue weighted by molar-refractivity contribution is -0.143. The zero-order valence-corrected chi connectivity index (χ0v) is 16.7. The molecule has 0 bridgehead atoms. The fraction of sp³-hybridized carbons (Fsp3) is 0.895. The normalized spacial score (nSPS) is 21.6. The largest absolute Gasteiger partial charge is 0.350 e. The maximum atomic E-state index is 13.0. The maximum absolute atomic E-state index is 13.0. The molecular weight excluding hydrogens is 338 g/mol. The summed E-state index contributed by atoms with van der Waals surface area (Å²) in [4.78, 5) is 27.1. The number of carbonyl (C=O) groups is 2. The van der Waals surface area contributed by atoms with Crippen LogP contribution in [0, 0.1) is 11.8 Å². The predicted molar refractivity (Wildman–Crippen MR) is 104 cm³/mol. The first-order valence-corrected chi connectivity index (χ1v) is 9.82. The van der Waals surface area contributed by atoms with E-state index < -0.39 is 0 Å². The van der Waals surface area contributed by atoms with Gasteiger partial charge in [-0.1, -0.05) is 33.1 Å². The Kier molecular flexibility index (Phi) is 9.80. The van der Waals surface area contributed by atoms with Gasteiger partial charge in [-0.3, -0.25) is 9.59 Å². The molecule has 2 rings (SSSR count). The minimum absolute atomic E-state index is 0. The van der Waals surface area contributed by atoms with Gasteiger partial charge in [-0.25, -0.2) is 0 Å². The van der Waals surface area contributed by atoms with Crippen molar-refractivity contribution in [1.82, 2.24) is 10.2 Å². The van der Waals surface area contributed by atoms with Crippen molar-refractivity contribution < 1.29 is 9.59 Å². The van der Waals surface area contributed by atoms with E-state index >= 15 is 0 Å². The number of nitrogens with two attached hydrogens (primary N) is 1. The molecule has 0 spiro atoms. The minimum Gasteiger partial charge on any atom is -0.350 e. The lowest BCUT2D eigenvalue weighted by Crippen LogP contribution is -2.56. The molecule has 0 aromatic rings. The van der Waals surface area contributed by atoms with E-state index in [9.17, 15) is 9.59 Å². The highest BCUT2D eigenvalue weighted by Crippen LogP contribution is 2.27. The highest BCUT2D eigenvalue weighted by Gasteiger charge is 2.34. The van der Waals surface area contributed by atoms with E-state index in [4.69, 9.17) is 5.73 Å². The van der Waals surface area contributed by atoms with E-state index in [1.807, 2.05) is 4.90 Å². The van der Waals surface area contributed by atoms with Crippen LogP contribution < -0.4 is 11.1 Å². The molecule has 0 aromatic carbocycles. The number of rotatable bonds is 7. The van der Waals surface area contributed by atoms with E-state index in [1.54, 1.807) is 0 Å². The third-order valence-electron chi connectivity index (χ3n) is 5.53. The number of likely N-dealkylation sites (tertiary alicyclic amines) is 1. The SMILES string of the molecule is CC(C)CC(C(=O)NC(CN)C1CCCCC1)N1CCCCC1=O.Cl. The summed E-state index contributed by atoms with van der Waals surface area (Å²) in [7, 11) is 0. The summed E-state index contributed by atoms with van der Waals surface area (Å²) in [6, 6.07) is -0.289. The fourth-order valence-electron chi connectivity index (χ4n) is 4.16. The summed E-state index contributed by atoms with van der Waals surface area (Å²) < 4.78 is 0. The Labute approximate surface area is 158 Å². The van der Waals surface area contributed by atoms with Gasteiger partial charge in [0.1, 0.15) is 6.04 Å². The molecule has 0 aromatic heterocycles. The van der Waals surface area contributed by atoms with E-state index in [0.29, 0.717) is 31.3 Å². The molecule has 1 heterocycles. The van der Waals surface area contributed by atoms with Crippen molar-refractivity contribution in [1.29, 1.82) is 0 Å². The molecule has 1 saturated carbocycles. The van der Waals surface area contributed by atoms with Crippen molar-refractivity contribution in [3.63, 3.8) is 0 Å². The number of piperidine rings is 1. The Balaban J connectivity index is 0.00000312. The number of amides is 2. The van der Waals surface area contributed by atoms with Crippen molar-refractivity contribution in [3.05, 3.63) is 0 Å². The highest BCUT2D eigenvalue weighted by molar-refractivity contribution is 5.88. The number of nitrogens with zero attached hydrogens (tertiary/aromatic N) is 1. The predicted octanol–water partition coefficient (Wildman–Crippen LogP) is 2.86. The molecule has 2 fully saturated rings. The minimum atomic E-state index is -0.338. The molecule has 2 unspecified atom stereocenters. The maximum Gasteiger partial charge on any atom is 0.243 e. The van der Waals surface area contributed by atoms with Crippen LogP contribution in [0.5, 0.6) is 0 Å². The van der Waals surface area contributed by atoms with Gasteiger partial charge in [-0.2, -0.15) is 0 Å². The molecule has 25 heavy (non-hydrogen) atoms. The molecule has 1 aliphatic carbocycles. The van der Waals surface area contributed by atoms with Crippen molar-refractivity contribution in [2.75, 3.05) is 13.1 Å². The molecule has 146 valence electrons. The quantitative estimate of drug-likeness (QED) is 0.720. The molecule has 3 N–H and O–H groups in total. The van der Waals surface area contributed by atoms with Crippen LogP contribution in [0.1, 0.15) is 71.6 Å². The van der Waals surface area contributed by atoms with Gasteiger partial charge in [-0.05, 0) is 43.9 Å². The molecule has 2 aliphatic rings. The second-order valence-electron chi connectivity index (χ2n) is 7.94. The molecule has 5 nitrogen and oxygen atoms in total. The van der Waals surface area contributed by atoms with Gasteiger partial charge in [0, 0.05) is 25.6 Å². The van der Waals surface area contributed by atoms with Crippen LogP contribution in [0.15, 0.2) is 0 Å². The number of halogens is 1. The van der Waals surface area contributed by atoms with Crippen LogP contribution in [0.25, 0.3) is 0 Å². The van der Waals surface area contributed by atoms with E-state index in [1.165, 1.54) is 19.3 Å². The lowest BCUT2D eigenvalue weighted by atomic mass is 9.83. The molecule has 6 heteroatoms. The second kappa shape index (κ2) is 11.0. The topological polar surface area (TPSA) is 75.4 Å². The number of carbonyl (C=O) groups excluding carboxylic acids is 2. The standard InChI is InChI=1S/C19H35N3O2.ClH/c1-14(2)12-17(22-11-7-6-10-18(22)23)19(24)21-16(13-20)15-8-4-3-5-9-15;/h14-17H,3-13,20H2,1-2H3,(H,21,24);1H. The summed E-state index contributed by atoms with van der Waals surface area (Å²) in [5.74, 6) is 0.995. The van der Waals surface area contributed by atoms with Gasteiger partial charge >= 0.3 is 0 Å². The average molecular weight is 374 g/mol. The van der Waals surface area contributed by atoms with Crippen molar-refractivity contribution >= 4 is 24.2 Å². The third kappa shape index (κ3) is 6.45. The molecule has 0 radical (unpaired) electrons. The number of hydrogen-bond donors (Lipinski definition) is 2. The average Bonchev–Trinajstić information content (AvgIpc) is 2.58. The van der Waals surface area contributed by atoms with Gasteiger partial charge in [0.25, 0.3) is 0 Å². The van der Waals surface area contributed by atoms with Crippen molar-refractivity contribution in [2.24, 2.45) is 17.6 Å². The van der Waals surface area contributed by atoms with Gasteiger partial charge in [0.05, 0.1) is 0 Å². The van der Waals surface area contributed by atoms with Crippen LogP contribution in [0.4, 0.5) is 0 Å². The molecule has 1 saturated heterocycles. The number of hydrogen-bond acceptors (Lipinski definition) is 3. The van der Waals surface area contributed by atoms with E-state index in [-0.39, 0.29) is 36.3 Å². The lowest BCUT2D eigenvalue weighted by Gasteiger charge is -2.37. The van der Waals surface area contributed by atoms with Gasteiger partial charge < -0.3 is 16.0 Å². The number of nitrogens with one attached hydrogen (secondary N) is 1. The Morgan fingerprint density at radius 3 is 2.44 bits per heavy atom. The van der Waals surface area contributed by atoms with Crippen molar-refractivity contribution in [3.8, 4) is 0 Å². The summed E-state index contributed by atoms with van der Waals surface area (Å²) in [6.45, 7) is 5.41. The zero-order valence-electron chi connectivity index (χ0n) is 15.8. The molecular formula is C19H36ClN3O2. The van der Waals surface area contributed by atoms with Gasteiger partial charge in [0.2, 0.25) is 11.8 Å². The summed E-state index contributed by atoms with van der Waals surface area (Å²) in [6.07, 6.45) is 9.30. The summed E-state index contributed by atoms with van der Waals surface area (Å²) >= 11 is 0. The highest BCUT2D eigenvalue weighted by atomic mass is 35.5. The van der Waals surface area contributed by atoms with Gasteiger partial charge in [0.15, 0.2) is 0 Å². The van der Waals surface area contributed by atoms with Crippen LogP contribution in [0.3, 0.4) is 0 Å². The van der Waals surface area contributed by atoms with Gasteiger partial charge in [-0.15, -0.1) is 12.4 Å². The van der Waals surface area contributed by atoms with Crippen LogP contribution in [0.2, 0.25) is 0 Å². The van der Waals surface area contributed by atoms with Crippen LogP contribution >= 0.6 is 12.4 Å². The second-order valence-corrected chi connectivity index (χ2v) is 7.94.